The lowest BCUT2D eigenvalue weighted by atomic mass is 10.2. The highest BCUT2D eigenvalue weighted by Gasteiger charge is 2.15. The molecular weight excluding hydrogens is 366 g/mol. The number of nitrogens with zero attached hydrogens (tertiary/aromatic N) is 4. The second-order valence-corrected chi connectivity index (χ2v) is 6.72. The number of rotatable bonds is 7. The number of imidazole rings is 1. The Hall–Kier alpha value is -3.58. The number of aromatic nitrogens is 4. The van der Waals surface area contributed by atoms with Crippen molar-refractivity contribution in [1.82, 2.24) is 19.5 Å². The van der Waals surface area contributed by atoms with Crippen LogP contribution in [0.2, 0.25) is 0 Å². The molecule has 7 heteroatoms. The van der Waals surface area contributed by atoms with Crippen LogP contribution >= 0.6 is 0 Å². The molecule has 2 aromatic heterocycles. The Morgan fingerprint density at radius 2 is 1.76 bits per heavy atom. The minimum Gasteiger partial charge on any atom is -0.372 e. The molecule has 0 radical (unpaired) electrons. The fourth-order valence-electron chi connectivity index (χ4n) is 3.02. The number of anilines is 1. The highest BCUT2D eigenvalue weighted by atomic mass is 16.5. The Kier molecular flexibility index (Phi) is 5.58. The van der Waals surface area contributed by atoms with Crippen LogP contribution in [0.25, 0.3) is 11.2 Å². The standard InChI is InChI=1S/C22H21N5O2/c1-16(29-13-17-8-4-2-5-9-17)12-27-15-25-19-20(23-14-24-21(19)27)26-22(28)18-10-6-3-7-11-18/h2-11,14-16H,12-13H2,1H3,(H,23,24,26,28)/t16-/m1/s1. The van der Waals surface area contributed by atoms with Crippen molar-refractivity contribution >= 4 is 22.9 Å². The molecular formula is C22H21N5O2. The van der Waals surface area contributed by atoms with Gasteiger partial charge >= 0.3 is 0 Å². The number of ether oxygens (including phenoxy) is 1. The Labute approximate surface area is 168 Å². The smallest absolute Gasteiger partial charge is 0.256 e. The van der Waals surface area contributed by atoms with Crippen molar-refractivity contribution < 1.29 is 9.53 Å². The van der Waals surface area contributed by atoms with Crippen molar-refractivity contribution in [2.75, 3.05) is 5.32 Å². The molecule has 1 atom stereocenters. The quantitative estimate of drug-likeness (QED) is 0.523. The van der Waals surface area contributed by atoms with Gasteiger partial charge in [0, 0.05) is 5.56 Å². The van der Waals surface area contributed by atoms with Crippen molar-refractivity contribution in [3.8, 4) is 0 Å². The molecule has 29 heavy (non-hydrogen) atoms. The van der Waals surface area contributed by atoms with E-state index in [0.29, 0.717) is 35.7 Å². The highest BCUT2D eigenvalue weighted by Crippen LogP contribution is 2.19. The van der Waals surface area contributed by atoms with Crippen LogP contribution in [0.15, 0.2) is 73.3 Å². The zero-order valence-electron chi connectivity index (χ0n) is 16.0. The van der Waals surface area contributed by atoms with Crippen LogP contribution < -0.4 is 5.32 Å². The van der Waals surface area contributed by atoms with Crippen LogP contribution in [-0.2, 0) is 17.9 Å². The molecule has 0 saturated heterocycles. The molecule has 0 aliphatic heterocycles. The molecule has 146 valence electrons. The number of carbonyl (C=O) groups is 1. The van der Waals surface area contributed by atoms with E-state index >= 15 is 0 Å². The zero-order valence-corrected chi connectivity index (χ0v) is 16.0. The van der Waals surface area contributed by atoms with Gasteiger partial charge in [-0.25, -0.2) is 15.0 Å². The van der Waals surface area contributed by atoms with Crippen molar-refractivity contribution in [3.63, 3.8) is 0 Å². The lowest BCUT2D eigenvalue weighted by Crippen LogP contribution is -2.16. The van der Waals surface area contributed by atoms with E-state index in [0.717, 1.165) is 5.56 Å². The van der Waals surface area contributed by atoms with Gasteiger partial charge in [0.25, 0.3) is 5.91 Å². The fraction of sp³-hybridized carbons (Fsp3) is 0.182. The van der Waals surface area contributed by atoms with Gasteiger partial charge in [-0.05, 0) is 24.6 Å². The summed E-state index contributed by atoms with van der Waals surface area (Å²) in [6.45, 7) is 3.14. The van der Waals surface area contributed by atoms with Crippen LogP contribution in [0.5, 0.6) is 0 Å². The van der Waals surface area contributed by atoms with Gasteiger partial charge in [-0.15, -0.1) is 0 Å². The van der Waals surface area contributed by atoms with E-state index in [1.807, 2.05) is 60.0 Å². The number of fused-ring (bicyclic) bond motifs is 1. The Morgan fingerprint density at radius 1 is 1.03 bits per heavy atom. The average molecular weight is 387 g/mol. The van der Waals surface area contributed by atoms with E-state index in [2.05, 4.69) is 20.3 Å². The summed E-state index contributed by atoms with van der Waals surface area (Å²) in [6.07, 6.45) is 3.08. The van der Waals surface area contributed by atoms with Crippen molar-refractivity contribution in [1.29, 1.82) is 0 Å². The summed E-state index contributed by atoms with van der Waals surface area (Å²) in [6, 6.07) is 19.0. The van der Waals surface area contributed by atoms with E-state index in [-0.39, 0.29) is 12.0 Å². The molecule has 1 amide bonds. The molecule has 0 unspecified atom stereocenters. The summed E-state index contributed by atoms with van der Waals surface area (Å²) < 4.78 is 7.85. The topological polar surface area (TPSA) is 81.9 Å². The predicted molar refractivity (Wildman–Crippen MR) is 110 cm³/mol. The summed E-state index contributed by atoms with van der Waals surface area (Å²) in [5.41, 5.74) is 2.88. The average Bonchev–Trinajstić information content (AvgIpc) is 3.17. The molecule has 0 bridgehead atoms. The Bertz CT molecular complexity index is 1100. The van der Waals surface area contributed by atoms with Gasteiger partial charge in [0.05, 0.1) is 25.6 Å². The normalized spacial score (nSPS) is 12.0. The van der Waals surface area contributed by atoms with Gasteiger partial charge in [0.1, 0.15) is 6.33 Å². The van der Waals surface area contributed by atoms with Gasteiger partial charge < -0.3 is 14.6 Å². The molecule has 2 aromatic carbocycles. The van der Waals surface area contributed by atoms with Crippen LogP contribution in [0.1, 0.15) is 22.8 Å². The number of hydrogen-bond donors (Lipinski definition) is 1. The van der Waals surface area contributed by atoms with E-state index in [9.17, 15) is 4.79 Å². The summed E-state index contributed by atoms with van der Waals surface area (Å²) >= 11 is 0. The summed E-state index contributed by atoms with van der Waals surface area (Å²) in [7, 11) is 0. The zero-order chi connectivity index (χ0) is 20.1. The first kappa shape index (κ1) is 18.8. The number of hydrogen-bond acceptors (Lipinski definition) is 5. The number of amides is 1. The summed E-state index contributed by atoms with van der Waals surface area (Å²) in [5.74, 6) is 0.153. The van der Waals surface area contributed by atoms with Crippen molar-refractivity contribution in [2.45, 2.75) is 26.2 Å². The van der Waals surface area contributed by atoms with Gasteiger partial charge in [-0.3, -0.25) is 4.79 Å². The maximum absolute atomic E-state index is 12.4. The molecule has 0 fully saturated rings. The molecule has 2 heterocycles. The van der Waals surface area contributed by atoms with Gasteiger partial charge in [-0.2, -0.15) is 0 Å². The van der Waals surface area contributed by atoms with Crippen LogP contribution in [0.4, 0.5) is 5.82 Å². The second kappa shape index (κ2) is 8.62. The first-order valence-corrected chi connectivity index (χ1v) is 9.38. The van der Waals surface area contributed by atoms with Gasteiger partial charge in [0.2, 0.25) is 0 Å². The number of benzene rings is 2. The minimum absolute atomic E-state index is 0.0371. The van der Waals surface area contributed by atoms with Gasteiger partial charge in [-0.1, -0.05) is 48.5 Å². The van der Waals surface area contributed by atoms with E-state index in [4.69, 9.17) is 4.74 Å². The third-order valence-corrected chi connectivity index (χ3v) is 4.50. The van der Waals surface area contributed by atoms with E-state index < -0.39 is 0 Å². The number of nitrogens with one attached hydrogen (secondary N) is 1. The fourth-order valence-corrected chi connectivity index (χ4v) is 3.02. The molecule has 4 aromatic rings. The Morgan fingerprint density at radius 3 is 2.52 bits per heavy atom. The maximum Gasteiger partial charge on any atom is 0.256 e. The van der Waals surface area contributed by atoms with Gasteiger partial charge in [0.15, 0.2) is 17.0 Å². The maximum atomic E-state index is 12.4. The third kappa shape index (κ3) is 4.47. The molecule has 0 aliphatic rings. The largest absolute Gasteiger partial charge is 0.372 e. The molecule has 0 saturated carbocycles. The molecule has 7 nitrogen and oxygen atoms in total. The second-order valence-electron chi connectivity index (χ2n) is 6.72. The van der Waals surface area contributed by atoms with Crippen molar-refractivity contribution in [3.05, 3.63) is 84.4 Å². The lowest BCUT2D eigenvalue weighted by Gasteiger charge is -2.14. The molecule has 4 rings (SSSR count). The molecule has 0 spiro atoms. The monoisotopic (exact) mass is 387 g/mol. The first-order chi connectivity index (χ1) is 14.2. The van der Waals surface area contributed by atoms with Crippen LogP contribution in [0, 0.1) is 0 Å². The predicted octanol–water partition coefficient (Wildman–Crippen LogP) is 3.68. The van der Waals surface area contributed by atoms with Crippen molar-refractivity contribution in [2.24, 2.45) is 0 Å². The molecule has 1 N–H and O–H groups in total. The van der Waals surface area contributed by atoms with E-state index in [1.165, 1.54) is 6.33 Å². The summed E-state index contributed by atoms with van der Waals surface area (Å²) in [4.78, 5) is 25.4. The molecule has 0 aliphatic carbocycles. The lowest BCUT2D eigenvalue weighted by molar-refractivity contribution is 0.0424. The minimum atomic E-state index is -0.236. The summed E-state index contributed by atoms with van der Waals surface area (Å²) in [5, 5.41) is 2.82. The van der Waals surface area contributed by atoms with E-state index in [1.54, 1.807) is 18.5 Å². The van der Waals surface area contributed by atoms with Crippen LogP contribution in [-0.4, -0.2) is 31.5 Å². The first-order valence-electron chi connectivity index (χ1n) is 9.38. The number of carbonyl (C=O) groups excluding carboxylic acids is 1. The highest BCUT2D eigenvalue weighted by molar-refractivity contribution is 6.06. The Balaban J connectivity index is 1.46. The SMILES string of the molecule is C[C@H](Cn1cnc2c(NC(=O)c3ccccc3)ncnc21)OCc1ccccc1. The van der Waals surface area contributed by atoms with Crippen LogP contribution in [0.3, 0.4) is 0 Å². The third-order valence-electron chi connectivity index (χ3n) is 4.50.